The molecule has 134 valence electrons. The molecule has 26 heavy (non-hydrogen) atoms. The molecule has 0 bridgehead atoms. The second-order valence-electron chi connectivity index (χ2n) is 5.30. The number of anilines is 1. The second kappa shape index (κ2) is 8.11. The molecule has 1 aromatic heterocycles. The van der Waals surface area contributed by atoms with Crippen LogP contribution in [0.4, 0.5) is 5.69 Å². The average Bonchev–Trinajstić information content (AvgIpc) is 3.09. The molecule has 7 nitrogen and oxygen atoms in total. The first-order chi connectivity index (χ1) is 12.6. The minimum atomic E-state index is -0.608. The number of hydrogen-bond donors (Lipinski definition) is 1. The quantitative estimate of drug-likeness (QED) is 0.746. The number of ether oxygens (including phenoxy) is 1. The molecule has 1 heterocycles. The number of para-hydroxylation sites is 1. The van der Waals surface area contributed by atoms with E-state index in [-0.39, 0.29) is 21.9 Å². The van der Waals surface area contributed by atoms with Crippen LogP contribution in [-0.2, 0) is 4.74 Å². The van der Waals surface area contributed by atoms with E-state index >= 15 is 0 Å². The van der Waals surface area contributed by atoms with E-state index < -0.39 is 17.5 Å². The Morgan fingerprint density at radius 2 is 2.04 bits per heavy atom. The summed E-state index contributed by atoms with van der Waals surface area (Å²) >= 11 is 1.21. The fraction of sp³-hybridized carbons (Fsp3) is 0.222. The molecule has 3 rings (SSSR count). The summed E-state index contributed by atoms with van der Waals surface area (Å²) in [5, 5.41) is 6.28. The normalized spacial score (nSPS) is 13.3. The Bertz CT molecular complexity index is 873. The number of ketones is 2. The van der Waals surface area contributed by atoms with Crippen LogP contribution in [-0.4, -0.2) is 41.6 Å². The number of fused-ring (bicyclic) bond motifs is 1. The Morgan fingerprint density at radius 1 is 1.27 bits per heavy atom. The standard InChI is InChI=1S/C18H16N2O5S/c1-2-24-8-9-26-13-10-12(21)17-14(16(13)22)15(20-25-17)18(23)19-11-6-4-3-5-7-11/h3-7,10H,2,8-9H2,1H3,(H,19,23). The molecule has 2 aromatic rings. The van der Waals surface area contributed by atoms with Crippen LogP contribution in [0.1, 0.15) is 38.3 Å². The van der Waals surface area contributed by atoms with Crippen molar-refractivity contribution in [1.82, 2.24) is 5.16 Å². The van der Waals surface area contributed by atoms with E-state index in [4.69, 9.17) is 9.26 Å². The number of carbonyl (C=O) groups excluding carboxylic acids is 3. The maximum absolute atomic E-state index is 12.7. The molecule has 0 atom stereocenters. The topological polar surface area (TPSA) is 98.5 Å². The fourth-order valence-corrected chi connectivity index (χ4v) is 3.22. The molecule has 0 unspecified atom stereocenters. The summed E-state index contributed by atoms with van der Waals surface area (Å²) in [5.41, 5.74) is 0.258. The third kappa shape index (κ3) is 3.76. The van der Waals surface area contributed by atoms with Gasteiger partial charge in [-0.3, -0.25) is 14.4 Å². The van der Waals surface area contributed by atoms with Crippen LogP contribution in [0.3, 0.4) is 0 Å². The van der Waals surface area contributed by atoms with Crippen LogP contribution < -0.4 is 5.32 Å². The molecular formula is C18H16N2O5S. The predicted octanol–water partition coefficient (Wildman–Crippen LogP) is 2.96. The second-order valence-corrected chi connectivity index (χ2v) is 6.44. The average molecular weight is 372 g/mol. The van der Waals surface area contributed by atoms with Crippen LogP contribution in [0, 0.1) is 0 Å². The summed E-state index contributed by atoms with van der Waals surface area (Å²) in [6.45, 7) is 2.91. The van der Waals surface area contributed by atoms with Gasteiger partial charge >= 0.3 is 0 Å². The highest BCUT2D eigenvalue weighted by atomic mass is 32.2. The van der Waals surface area contributed by atoms with Crippen molar-refractivity contribution in [2.24, 2.45) is 0 Å². The highest BCUT2D eigenvalue weighted by Gasteiger charge is 2.36. The number of hydrogen-bond acceptors (Lipinski definition) is 7. The van der Waals surface area contributed by atoms with Gasteiger partial charge in [-0.15, -0.1) is 11.8 Å². The molecule has 0 saturated heterocycles. The van der Waals surface area contributed by atoms with Gasteiger partial charge in [0.25, 0.3) is 5.91 Å². The Balaban J connectivity index is 1.80. The molecule has 0 saturated carbocycles. The molecule has 8 heteroatoms. The maximum atomic E-state index is 12.7. The molecule has 1 aliphatic carbocycles. The molecular weight excluding hydrogens is 356 g/mol. The lowest BCUT2D eigenvalue weighted by Gasteiger charge is -2.11. The maximum Gasteiger partial charge on any atom is 0.278 e. The number of allylic oxidation sites excluding steroid dienone is 2. The number of amides is 1. The van der Waals surface area contributed by atoms with Gasteiger partial charge in [0.2, 0.25) is 17.3 Å². The van der Waals surface area contributed by atoms with Crippen LogP contribution >= 0.6 is 11.8 Å². The van der Waals surface area contributed by atoms with Gasteiger partial charge in [-0.2, -0.15) is 0 Å². The summed E-state index contributed by atoms with van der Waals surface area (Å²) in [5.74, 6) is -1.22. The van der Waals surface area contributed by atoms with Crippen LogP contribution in [0.2, 0.25) is 0 Å². The highest BCUT2D eigenvalue weighted by molar-refractivity contribution is 8.04. The molecule has 1 amide bonds. The van der Waals surface area contributed by atoms with Gasteiger partial charge < -0.3 is 14.6 Å². The monoisotopic (exact) mass is 372 g/mol. The van der Waals surface area contributed by atoms with Gasteiger partial charge in [-0.1, -0.05) is 23.4 Å². The Labute approximate surface area is 153 Å². The van der Waals surface area contributed by atoms with Crippen molar-refractivity contribution < 1.29 is 23.6 Å². The smallest absolute Gasteiger partial charge is 0.278 e. The number of rotatable bonds is 7. The summed E-state index contributed by atoms with van der Waals surface area (Å²) < 4.78 is 10.2. The van der Waals surface area contributed by atoms with Gasteiger partial charge in [0.05, 0.1) is 11.5 Å². The number of benzene rings is 1. The lowest BCUT2D eigenvalue weighted by molar-refractivity contribution is 0.0966. The van der Waals surface area contributed by atoms with Crippen molar-refractivity contribution in [3.05, 3.63) is 58.3 Å². The first-order valence-corrected chi connectivity index (χ1v) is 8.97. The van der Waals surface area contributed by atoms with Crippen molar-refractivity contribution in [2.45, 2.75) is 6.92 Å². The van der Waals surface area contributed by atoms with Crippen molar-refractivity contribution in [3.63, 3.8) is 0 Å². The SMILES string of the molecule is CCOCCSC1=CC(=O)c2onc(C(=O)Nc3ccccc3)c2C1=O. The van der Waals surface area contributed by atoms with Crippen molar-refractivity contribution in [3.8, 4) is 0 Å². The van der Waals surface area contributed by atoms with Crippen molar-refractivity contribution in [2.75, 3.05) is 24.3 Å². The third-order valence-electron chi connectivity index (χ3n) is 3.57. The van der Waals surface area contributed by atoms with Gasteiger partial charge in [0.15, 0.2) is 5.69 Å². The summed E-state index contributed by atoms with van der Waals surface area (Å²) in [7, 11) is 0. The molecule has 1 aliphatic rings. The van der Waals surface area contributed by atoms with E-state index in [9.17, 15) is 14.4 Å². The van der Waals surface area contributed by atoms with E-state index in [2.05, 4.69) is 10.5 Å². The molecule has 1 N–H and O–H groups in total. The van der Waals surface area contributed by atoms with Crippen LogP contribution in [0.25, 0.3) is 0 Å². The van der Waals surface area contributed by atoms with E-state index in [0.717, 1.165) is 0 Å². The van der Waals surface area contributed by atoms with Gasteiger partial charge in [0, 0.05) is 24.1 Å². The van der Waals surface area contributed by atoms with Crippen molar-refractivity contribution >= 4 is 34.9 Å². The van der Waals surface area contributed by atoms with E-state index in [1.54, 1.807) is 24.3 Å². The zero-order valence-electron chi connectivity index (χ0n) is 14.0. The van der Waals surface area contributed by atoms with E-state index in [1.807, 2.05) is 13.0 Å². The number of thioether (sulfide) groups is 1. The number of nitrogens with one attached hydrogen (secondary N) is 1. The van der Waals surface area contributed by atoms with E-state index in [1.165, 1.54) is 17.8 Å². The zero-order chi connectivity index (χ0) is 18.5. The lowest BCUT2D eigenvalue weighted by Crippen LogP contribution is -2.20. The molecule has 0 radical (unpaired) electrons. The number of Topliss-reactive ketones (excluding diaryl/α,β-unsaturated/α-hetero) is 1. The Morgan fingerprint density at radius 3 is 2.77 bits per heavy atom. The highest BCUT2D eigenvalue weighted by Crippen LogP contribution is 2.30. The minimum Gasteiger partial charge on any atom is -0.381 e. The molecule has 1 aromatic carbocycles. The number of nitrogens with zero attached hydrogens (tertiary/aromatic N) is 1. The summed E-state index contributed by atoms with van der Waals surface area (Å²) in [6, 6.07) is 8.74. The van der Waals surface area contributed by atoms with Crippen LogP contribution in [0.15, 0.2) is 45.8 Å². The molecule has 0 aliphatic heterocycles. The van der Waals surface area contributed by atoms with Gasteiger partial charge in [-0.25, -0.2) is 0 Å². The predicted molar refractivity (Wildman–Crippen MR) is 96.6 cm³/mol. The zero-order valence-corrected chi connectivity index (χ0v) is 14.8. The first-order valence-electron chi connectivity index (χ1n) is 7.99. The van der Waals surface area contributed by atoms with Gasteiger partial charge in [-0.05, 0) is 19.1 Å². The summed E-state index contributed by atoms with van der Waals surface area (Å²) in [6.07, 6.45) is 1.21. The van der Waals surface area contributed by atoms with Crippen molar-refractivity contribution in [1.29, 1.82) is 0 Å². The summed E-state index contributed by atoms with van der Waals surface area (Å²) in [4.78, 5) is 37.6. The molecule has 0 spiro atoms. The van der Waals surface area contributed by atoms with Gasteiger partial charge in [0.1, 0.15) is 5.56 Å². The Hall–Kier alpha value is -2.71. The lowest BCUT2D eigenvalue weighted by atomic mass is 9.99. The third-order valence-corrected chi connectivity index (χ3v) is 4.55. The number of carbonyl (C=O) groups is 3. The number of aromatic nitrogens is 1. The minimum absolute atomic E-state index is 0.0927. The van der Waals surface area contributed by atoms with E-state index in [0.29, 0.717) is 24.7 Å². The molecule has 0 fully saturated rings. The first kappa shape index (κ1) is 18.1. The largest absolute Gasteiger partial charge is 0.381 e. The fourth-order valence-electron chi connectivity index (χ4n) is 2.37. The Kier molecular flexibility index (Phi) is 5.65. The van der Waals surface area contributed by atoms with Crippen LogP contribution in [0.5, 0.6) is 0 Å².